The third-order valence-corrected chi connectivity index (χ3v) is 5.20. The van der Waals surface area contributed by atoms with Gasteiger partial charge in [0.25, 0.3) is 5.91 Å². The van der Waals surface area contributed by atoms with Crippen molar-refractivity contribution >= 4 is 22.4 Å². The van der Waals surface area contributed by atoms with E-state index in [-0.39, 0.29) is 11.0 Å². The van der Waals surface area contributed by atoms with Gasteiger partial charge in [0.15, 0.2) is 0 Å². The van der Waals surface area contributed by atoms with Gasteiger partial charge in [0.1, 0.15) is 10.8 Å². The van der Waals surface area contributed by atoms with E-state index in [2.05, 4.69) is 29.4 Å². The number of amides is 1. The molecule has 128 valence electrons. The van der Waals surface area contributed by atoms with Crippen LogP contribution in [-0.2, 0) is 5.41 Å². The lowest BCUT2D eigenvalue weighted by Gasteiger charge is -2.21. The van der Waals surface area contributed by atoms with Gasteiger partial charge in [0.2, 0.25) is 5.13 Å². The van der Waals surface area contributed by atoms with Crippen molar-refractivity contribution in [3.05, 3.63) is 76.0 Å². The first-order chi connectivity index (χ1) is 11.9. The third-order valence-electron chi connectivity index (χ3n) is 4.04. The summed E-state index contributed by atoms with van der Waals surface area (Å²) in [5, 5.41) is 12.0. The standard InChI is InChI=1S/C19H18FN3OS/c1-12-9-10-15(20)14(11-12)16(24)21-18-23-22-17(25-18)19(2,3)13-7-5-4-6-8-13/h4-11H,1-3H3,(H,21,23,24). The fourth-order valence-corrected chi connectivity index (χ4v) is 3.35. The fourth-order valence-electron chi connectivity index (χ4n) is 2.48. The van der Waals surface area contributed by atoms with Crippen molar-refractivity contribution in [2.45, 2.75) is 26.2 Å². The van der Waals surface area contributed by atoms with Crippen LogP contribution in [0.5, 0.6) is 0 Å². The summed E-state index contributed by atoms with van der Waals surface area (Å²) in [6.45, 7) is 5.91. The van der Waals surface area contributed by atoms with Crippen LogP contribution in [0.1, 0.15) is 40.3 Å². The fraction of sp³-hybridized carbons (Fsp3) is 0.211. The van der Waals surface area contributed by atoms with E-state index in [0.717, 1.165) is 16.1 Å². The molecular weight excluding hydrogens is 337 g/mol. The molecule has 25 heavy (non-hydrogen) atoms. The quantitative estimate of drug-likeness (QED) is 0.746. The maximum Gasteiger partial charge on any atom is 0.260 e. The number of benzene rings is 2. The summed E-state index contributed by atoms with van der Waals surface area (Å²) in [6, 6.07) is 14.4. The van der Waals surface area contributed by atoms with Crippen LogP contribution in [0.25, 0.3) is 0 Å². The predicted octanol–water partition coefficient (Wildman–Crippen LogP) is 4.56. The van der Waals surface area contributed by atoms with Gasteiger partial charge in [-0.2, -0.15) is 0 Å². The minimum atomic E-state index is -0.558. The summed E-state index contributed by atoms with van der Waals surface area (Å²) in [6.07, 6.45) is 0. The second-order valence-corrected chi connectivity index (χ2v) is 7.32. The topological polar surface area (TPSA) is 54.9 Å². The van der Waals surface area contributed by atoms with Crippen molar-refractivity contribution in [3.63, 3.8) is 0 Å². The highest BCUT2D eigenvalue weighted by atomic mass is 32.1. The minimum absolute atomic E-state index is 0.000862. The number of aromatic nitrogens is 2. The molecule has 1 N–H and O–H groups in total. The molecule has 0 radical (unpaired) electrons. The summed E-state index contributed by atoms with van der Waals surface area (Å²) in [4.78, 5) is 12.3. The van der Waals surface area contributed by atoms with Gasteiger partial charge in [0, 0.05) is 5.41 Å². The highest BCUT2D eigenvalue weighted by Crippen LogP contribution is 2.34. The van der Waals surface area contributed by atoms with Crippen LogP contribution in [0.15, 0.2) is 48.5 Å². The molecule has 0 unspecified atom stereocenters. The van der Waals surface area contributed by atoms with Crippen molar-refractivity contribution in [3.8, 4) is 0 Å². The summed E-state index contributed by atoms with van der Waals surface area (Å²) in [5.41, 5.74) is 1.58. The molecule has 0 saturated heterocycles. The number of carbonyl (C=O) groups is 1. The van der Waals surface area contributed by atoms with E-state index in [1.165, 1.54) is 23.5 Å². The van der Waals surface area contributed by atoms with Crippen LogP contribution >= 0.6 is 11.3 Å². The van der Waals surface area contributed by atoms with Crippen molar-refractivity contribution in [1.82, 2.24) is 10.2 Å². The Morgan fingerprint density at radius 1 is 1.12 bits per heavy atom. The smallest absolute Gasteiger partial charge is 0.260 e. The second-order valence-electron chi connectivity index (χ2n) is 6.34. The molecule has 6 heteroatoms. The maximum atomic E-state index is 13.8. The van der Waals surface area contributed by atoms with Crippen molar-refractivity contribution in [1.29, 1.82) is 0 Å². The monoisotopic (exact) mass is 355 g/mol. The van der Waals surface area contributed by atoms with Crippen LogP contribution in [0.4, 0.5) is 9.52 Å². The Labute approximate surface area is 149 Å². The van der Waals surface area contributed by atoms with E-state index in [0.29, 0.717) is 5.13 Å². The predicted molar refractivity (Wildman–Crippen MR) is 97.6 cm³/mol. The molecule has 0 atom stereocenters. The summed E-state index contributed by atoms with van der Waals surface area (Å²) < 4.78 is 13.8. The molecule has 1 heterocycles. The summed E-state index contributed by atoms with van der Waals surface area (Å²) >= 11 is 1.29. The minimum Gasteiger partial charge on any atom is -0.296 e. The Bertz CT molecular complexity index is 906. The van der Waals surface area contributed by atoms with E-state index in [9.17, 15) is 9.18 Å². The number of nitrogens with one attached hydrogen (secondary N) is 1. The molecular formula is C19H18FN3OS. The molecule has 0 bridgehead atoms. The SMILES string of the molecule is Cc1ccc(F)c(C(=O)Nc2nnc(C(C)(C)c3ccccc3)s2)c1. The highest BCUT2D eigenvalue weighted by molar-refractivity contribution is 7.15. The van der Waals surface area contributed by atoms with Crippen LogP contribution in [0.3, 0.4) is 0 Å². The van der Waals surface area contributed by atoms with E-state index < -0.39 is 11.7 Å². The molecule has 0 spiro atoms. The van der Waals surface area contributed by atoms with Crippen molar-refractivity contribution in [2.75, 3.05) is 5.32 Å². The van der Waals surface area contributed by atoms with Crippen LogP contribution in [-0.4, -0.2) is 16.1 Å². The largest absolute Gasteiger partial charge is 0.296 e. The van der Waals surface area contributed by atoms with Gasteiger partial charge in [-0.3, -0.25) is 10.1 Å². The van der Waals surface area contributed by atoms with Gasteiger partial charge in [-0.1, -0.05) is 53.3 Å². The number of nitrogens with zero attached hydrogens (tertiary/aromatic N) is 2. The zero-order valence-corrected chi connectivity index (χ0v) is 15.0. The van der Waals surface area contributed by atoms with Crippen LogP contribution in [0, 0.1) is 12.7 Å². The van der Waals surface area contributed by atoms with Gasteiger partial charge < -0.3 is 0 Å². The molecule has 3 aromatic rings. The van der Waals surface area contributed by atoms with Gasteiger partial charge >= 0.3 is 0 Å². The first-order valence-corrected chi connectivity index (χ1v) is 8.66. The molecule has 0 aliphatic heterocycles. The normalized spacial score (nSPS) is 11.4. The molecule has 1 amide bonds. The van der Waals surface area contributed by atoms with Crippen molar-refractivity contribution in [2.24, 2.45) is 0 Å². The van der Waals surface area contributed by atoms with Crippen molar-refractivity contribution < 1.29 is 9.18 Å². The second kappa shape index (κ2) is 6.72. The average molecular weight is 355 g/mol. The van der Waals surface area contributed by atoms with E-state index >= 15 is 0 Å². The van der Waals surface area contributed by atoms with E-state index in [1.807, 2.05) is 37.3 Å². The summed E-state index contributed by atoms with van der Waals surface area (Å²) in [7, 11) is 0. The first-order valence-electron chi connectivity index (χ1n) is 7.85. The molecule has 0 saturated carbocycles. The number of carbonyl (C=O) groups excluding carboxylic acids is 1. The number of halogens is 1. The zero-order valence-electron chi connectivity index (χ0n) is 14.2. The lowest BCUT2D eigenvalue weighted by atomic mass is 9.85. The molecule has 3 rings (SSSR count). The Hall–Kier alpha value is -2.60. The molecule has 4 nitrogen and oxygen atoms in total. The Balaban J connectivity index is 1.82. The maximum absolute atomic E-state index is 13.8. The van der Waals surface area contributed by atoms with Gasteiger partial charge in [-0.05, 0) is 38.5 Å². The molecule has 1 aromatic heterocycles. The average Bonchev–Trinajstić information content (AvgIpc) is 3.07. The number of anilines is 1. The first kappa shape index (κ1) is 17.2. The number of hydrogen-bond acceptors (Lipinski definition) is 4. The highest BCUT2D eigenvalue weighted by Gasteiger charge is 2.28. The van der Waals surface area contributed by atoms with E-state index in [1.54, 1.807) is 6.07 Å². The Kier molecular flexibility index (Phi) is 4.63. The number of rotatable bonds is 4. The van der Waals surface area contributed by atoms with E-state index in [4.69, 9.17) is 0 Å². The summed E-state index contributed by atoms with van der Waals surface area (Å²) in [5.74, 6) is -1.08. The molecule has 0 fully saturated rings. The molecule has 0 aliphatic carbocycles. The molecule has 0 aliphatic rings. The van der Waals surface area contributed by atoms with Gasteiger partial charge in [-0.15, -0.1) is 10.2 Å². The number of hydrogen-bond donors (Lipinski definition) is 1. The van der Waals surface area contributed by atoms with Gasteiger partial charge in [0.05, 0.1) is 5.56 Å². The van der Waals surface area contributed by atoms with Gasteiger partial charge in [-0.25, -0.2) is 4.39 Å². The Morgan fingerprint density at radius 3 is 2.56 bits per heavy atom. The lowest BCUT2D eigenvalue weighted by molar-refractivity contribution is 0.102. The molecule has 2 aromatic carbocycles. The Morgan fingerprint density at radius 2 is 1.84 bits per heavy atom. The third kappa shape index (κ3) is 3.58. The van der Waals surface area contributed by atoms with Crippen LogP contribution < -0.4 is 5.32 Å². The zero-order chi connectivity index (χ0) is 18.0. The lowest BCUT2D eigenvalue weighted by Crippen LogP contribution is -2.18. The number of aryl methyl sites for hydroxylation is 1. The van der Waals surface area contributed by atoms with Crippen LogP contribution in [0.2, 0.25) is 0 Å².